The summed E-state index contributed by atoms with van der Waals surface area (Å²) >= 11 is 0. The van der Waals surface area contributed by atoms with Crippen molar-refractivity contribution in [2.75, 3.05) is 11.9 Å². The Labute approximate surface area is 117 Å². The van der Waals surface area contributed by atoms with Crippen molar-refractivity contribution in [3.63, 3.8) is 0 Å². The first-order valence-corrected chi connectivity index (χ1v) is 6.25. The van der Waals surface area contributed by atoms with Crippen LogP contribution in [0, 0.1) is 11.6 Å². The molecule has 0 saturated heterocycles. The Kier molecular flexibility index (Phi) is 3.35. The van der Waals surface area contributed by atoms with Gasteiger partial charge in [-0.15, -0.1) is 5.10 Å². The minimum Gasteiger partial charge on any atom is -0.368 e. The van der Waals surface area contributed by atoms with E-state index in [0.29, 0.717) is 30.0 Å². The second-order valence-electron chi connectivity index (χ2n) is 4.47. The van der Waals surface area contributed by atoms with Gasteiger partial charge in [0.15, 0.2) is 5.65 Å². The average molecular weight is 291 g/mol. The Hall–Kier alpha value is -2.77. The molecular formula is C13H11F2N5O. The fourth-order valence-corrected chi connectivity index (χ4v) is 1.99. The molecule has 0 bridgehead atoms. The number of nitrogens with zero attached hydrogens (tertiary/aromatic N) is 3. The number of aromatic amines is 1. The van der Waals surface area contributed by atoms with Gasteiger partial charge in [-0.2, -0.15) is 9.61 Å². The van der Waals surface area contributed by atoms with Gasteiger partial charge < -0.3 is 5.32 Å². The second-order valence-corrected chi connectivity index (χ2v) is 4.47. The maximum absolute atomic E-state index is 13.0. The van der Waals surface area contributed by atoms with E-state index in [-0.39, 0.29) is 0 Å². The lowest BCUT2D eigenvalue weighted by Gasteiger charge is -2.06. The lowest BCUT2D eigenvalue weighted by molar-refractivity contribution is 0.580. The van der Waals surface area contributed by atoms with Crippen LogP contribution in [0.2, 0.25) is 0 Å². The zero-order chi connectivity index (χ0) is 14.8. The lowest BCUT2D eigenvalue weighted by Crippen LogP contribution is -2.15. The van der Waals surface area contributed by atoms with Gasteiger partial charge in [0.25, 0.3) is 0 Å². The third kappa shape index (κ3) is 2.88. The molecule has 2 N–H and O–H groups in total. The third-order valence-corrected chi connectivity index (χ3v) is 2.92. The highest BCUT2D eigenvalue weighted by molar-refractivity contribution is 5.43. The van der Waals surface area contributed by atoms with Crippen LogP contribution in [0.1, 0.15) is 5.56 Å². The molecule has 0 aliphatic carbocycles. The summed E-state index contributed by atoms with van der Waals surface area (Å²) in [5, 5.41) is 13.1. The van der Waals surface area contributed by atoms with Gasteiger partial charge in [0.2, 0.25) is 0 Å². The van der Waals surface area contributed by atoms with Gasteiger partial charge in [-0.1, -0.05) is 0 Å². The second kappa shape index (κ2) is 5.31. The van der Waals surface area contributed by atoms with Crippen LogP contribution in [0.15, 0.2) is 35.1 Å². The van der Waals surface area contributed by atoms with Crippen LogP contribution in [-0.2, 0) is 6.42 Å². The molecular weight excluding hydrogens is 280 g/mol. The lowest BCUT2D eigenvalue weighted by atomic mass is 10.1. The van der Waals surface area contributed by atoms with Crippen LogP contribution in [0.4, 0.5) is 14.6 Å². The Morgan fingerprint density at radius 2 is 1.95 bits per heavy atom. The number of hydrogen-bond donors (Lipinski definition) is 2. The van der Waals surface area contributed by atoms with Crippen molar-refractivity contribution < 1.29 is 8.78 Å². The molecule has 0 radical (unpaired) electrons. The van der Waals surface area contributed by atoms with Crippen molar-refractivity contribution in [2.45, 2.75) is 6.42 Å². The topological polar surface area (TPSA) is 75.1 Å². The molecule has 0 fully saturated rings. The van der Waals surface area contributed by atoms with Crippen molar-refractivity contribution in [3.8, 4) is 0 Å². The van der Waals surface area contributed by atoms with E-state index < -0.39 is 17.3 Å². The molecule has 8 heteroatoms. The molecule has 1 aromatic carbocycles. The molecule has 21 heavy (non-hydrogen) atoms. The number of hydrogen-bond acceptors (Lipinski definition) is 4. The minimum atomic E-state index is -0.602. The SMILES string of the molecule is O=c1[nH]nc2ccc(NCCc3cc(F)cc(F)c3)nn12. The van der Waals surface area contributed by atoms with Gasteiger partial charge in [0.05, 0.1) is 0 Å². The monoisotopic (exact) mass is 291 g/mol. The number of halogens is 2. The molecule has 0 aliphatic heterocycles. The quantitative estimate of drug-likeness (QED) is 0.761. The van der Waals surface area contributed by atoms with Crippen LogP contribution in [0.25, 0.3) is 5.65 Å². The van der Waals surface area contributed by atoms with E-state index in [9.17, 15) is 13.6 Å². The minimum absolute atomic E-state index is 0.415. The summed E-state index contributed by atoms with van der Waals surface area (Å²) in [6.45, 7) is 0.425. The number of fused-ring (bicyclic) bond motifs is 1. The predicted octanol–water partition coefficient (Wildman–Crippen LogP) is 1.35. The molecule has 108 valence electrons. The van der Waals surface area contributed by atoms with Gasteiger partial charge in [-0.25, -0.2) is 18.7 Å². The Morgan fingerprint density at radius 3 is 2.71 bits per heavy atom. The zero-order valence-electron chi connectivity index (χ0n) is 10.8. The van der Waals surface area contributed by atoms with Crippen LogP contribution < -0.4 is 11.0 Å². The van der Waals surface area contributed by atoms with Crippen molar-refractivity contribution in [1.29, 1.82) is 0 Å². The molecule has 2 heterocycles. The molecule has 0 spiro atoms. The number of aromatic nitrogens is 4. The van der Waals surface area contributed by atoms with Gasteiger partial charge in [-0.3, -0.25) is 0 Å². The van der Waals surface area contributed by atoms with Crippen LogP contribution in [0.5, 0.6) is 0 Å². The highest BCUT2D eigenvalue weighted by atomic mass is 19.1. The average Bonchev–Trinajstić information content (AvgIpc) is 2.79. The fourth-order valence-electron chi connectivity index (χ4n) is 1.99. The first-order valence-electron chi connectivity index (χ1n) is 6.25. The summed E-state index contributed by atoms with van der Waals surface area (Å²) in [4.78, 5) is 11.4. The Bertz CT molecular complexity index is 822. The highest BCUT2D eigenvalue weighted by Gasteiger charge is 2.03. The standard InChI is InChI=1S/C13H11F2N5O/c14-9-5-8(6-10(15)7-9)3-4-16-11-1-2-12-17-18-13(21)20(12)19-11/h1-2,5-7H,3-4H2,(H,16,19)(H,18,21). The summed E-state index contributed by atoms with van der Waals surface area (Å²) in [5.41, 5.74) is 0.528. The maximum Gasteiger partial charge on any atom is 0.364 e. The number of anilines is 1. The summed E-state index contributed by atoms with van der Waals surface area (Å²) < 4.78 is 27.2. The Balaban J connectivity index is 1.68. The largest absolute Gasteiger partial charge is 0.368 e. The highest BCUT2D eigenvalue weighted by Crippen LogP contribution is 2.09. The number of H-pyrrole nitrogens is 1. The molecule has 0 atom stereocenters. The Morgan fingerprint density at radius 1 is 1.19 bits per heavy atom. The van der Waals surface area contributed by atoms with Crippen molar-refractivity contribution in [3.05, 3.63) is 58.0 Å². The van der Waals surface area contributed by atoms with Crippen molar-refractivity contribution in [1.82, 2.24) is 19.8 Å². The van der Waals surface area contributed by atoms with E-state index in [1.807, 2.05) is 0 Å². The summed E-state index contributed by atoms with van der Waals surface area (Å²) in [7, 11) is 0. The third-order valence-electron chi connectivity index (χ3n) is 2.92. The van der Waals surface area contributed by atoms with E-state index in [2.05, 4.69) is 20.6 Å². The van der Waals surface area contributed by atoms with Crippen LogP contribution in [-0.4, -0.2) is 26.4 Å². The molecule has 0 aliphatic rings. The maximum atomic E-state index is 13.0. The molecule has 0 unspecified atom stereocenters. The molecule has 6 nitrogen and oxygen atoms in total. The van der Waals surface area contributed by atoms with Gasteiger partial charge >= 0.3 is 5.69 Å². The van der Waals surface area contributed by atoms with Crippen LogP contribution >= 0.6 is 0 Å². The van der Waals surface area contributed by atoms with E-state index >= 15 is 0 Å². The van der Waals surface area contributed by atoms with Gasteiger partial charge in [-0.05, 0) is 36.2 Å². The normalized spacial score (nSPS) is 11.0. The number of benzene rings is 1. The molecule has 0 amide bonds. The van der Waals surface area contributed by atoms with E-state index in [1.54, 1.807) is 12.1 Å². The van der Waals surface area contributed by atoms with E-state index in [4.69, 9.17) is 0 Å². The fraction of sp³-hybridized carbons (Fsp3) is 0.154. The first-order chi connectivity index (χ1) is 10.1. The zero-order valence-corrected chi connectivity index (χ0v) is 10.8. The van der Waals surface area contributed by atoms with Crippen molar-refractivity contribution in [2.24, 2.45) is 0 Å². The van der Waals surface area contributed by atoms with Crippen molar-refractivity contribution >= 4 is 11.5 Å². The first kappa shape index (κ1) is 13.2. The van der Waals surface area contributed by atoms with E-state index in [0.717, 1.165) is 10.6 Å². The number of rotatable bonds is 4. The molecule has 0 saturated carbocycles. The van der Waals surface area contributed by atoms with Gasteiger partial charge in [0, 0.05) is 12.6 Å². The van der Waals surface area contributed by atoms with Gasteiger partial charge in [0.1, 0.15) is 17.5 Å². The summed E-state index contributed by atoms with van der Waals surface area (Å²) in [5.74, 6) is -0.730. The number of nitrogens with one attached hydrogen (secondary N) is 2. The molecule has 3 rings (SSSR count). The predicted molar refractivity (Wildman–Crippen MR) is 72.2 cm³/mol. The summed E-state index contributed by atoms with van der Waals surface area (Å²) in [6, 6.07) is 6.69. The van der Waals surface area contributed by atoms with E-state index in [1.165, 1.54) is 12.1 Å². The smallest absolute Gasteiger partial charge is 0.364 e. The molecule has 2 aromatic heterocycles. The summed E-state index contributed by atoms with van der Waals surface area (Å²) in [6.07, 6.45) is 0.425. The van der Waals surface area contributed by atoms with Crippen LogP contribution in [0.3, 0.4) is 0 Å². The molecule has 3 aromatic rings.